The lowest BCUT2D eigenvalue weighted by Gasteiger charge is -2.31. The van der Waals surface area contributed by atoms with E-state index in [0.717, 1.165) is 12.8 Å². The highest BCUT2D eigenvalue weighted by atomic mass is 35.5. The lowest BCUT2D eigenvalue weighted by atomic mass is 9.88. The summed E-state index contributed by atoms with van der Waals surface area (Å²) in [5, 5.41) is 3.01. The molecule has 1 unspecified atom stereocenters. The Kier molecular flexibility index (Phi) is 6.92. The number of nitrogens with one attached hydrogen (secondary N) is 1. The molecule has 3 nitrogen and oxygen atoms in total. The molecule has 1 N–H and O–H groups in total. The van der Waals surface area contributed by atoms with Gasteiger partial charge in [0.1, 0.15) is 5.75 Å². The molecule has 8 heteroatoms. The number of hydrogen-bond acceptors (Lipinski definition) is 2. The van der Waals surface area contributed by atoms with Crippen LogP contribution >= 0.6 is 23.2 Å². The Bertz CT molecular complexity index is 1000. The van der Waals surface area contributed by atoms with Gasteiger partial charge in [-0.15, -0.1) is 0 Å². The average Bonchev–Trinajstić information content (AvgIpc) is 3.07. The van der Waals surface area contributed by atoms with Crippen molar-refractivity contribution in [3.8, 4) is 5.75 Å². The second-order valence-corrected chi connectivity index (χ2v) is 8.44. The first-order chi connectivity index (χ1) is 14.6. The number of fused-ring (bicyclic) bond motifs is 1. The number of halogens is 5. The molecule has 0 saturated heterocycles. The third kappa shape index (κ3) is 5.01. The molecule has 166 valence electrons. The summed E-state index contributed by atoms with van der Waals surface area (Å²) in [5.74, 6) is -0.0703. The van der Waals surface area contributed by atoms with Gasteiger partial charge in [0.25, 0.3) is 0 Å². The zero-order valence-electron chi connectivity index (χ0n) is 17.1. The Hall–Kier alpha value is -2.18. The van der Waals surface area contributed by atoms with E-state index in [2.05, 4.69) is 5.32 Å². The zero-order chi connectivity index (χ0) is 22.8. The molecule has 3 rings (SSSR count). The lowest BCUT2D eigenvalue weighted by Crippen LogP contribution is -2.46. The Morgan fingerprint density at radius 1 is 1.19 bits per heavy atom. The first-order valence-corrected chi connectivity index (χ1v) is 10.6. The maximum atomic E-state index is 14.2. The Labute approximate surface area is 189 Å². The van der Waals surface area contributed by atoms with Crippen molar-refractivity contribution in [2.75, 3.05) is 6.54 Å². The summed E-state index contributed by atoms with van der Waals surface area (Å²) < 4.78 is 48.1. The highest BCUT2D eigenvalue weighted by Gasteiger charge is 2.61. The number of unbranched alkanes of at least 4 members (excludes halogenated alkanes) is 1. The molecule has 0 bridgehead atoms. The smallest absolute Gasteiger partial charge is 0.432 e. The molecular formula is C23H22Cl2F3NO2. The Morgan fingerprint density at radius 2 is 1.87 bits per heavy atom. The second-order valence-electron chi connectivity index (χ2n) is 7.57. The van der Waals surface area contributed by atoms with E-state index in [1.165, 1.54) is 24.3 Å². The van der Waals surface area contributed by atoms with Crippen molar-refractivity contribution in [2.24, 2.45) is 0 Å². The number of hydrogen-bond donors (Lipinski definition) is 1. The van der Waals surface area contributed by atoms with Crippen LogP contribution in [0.2, 0.25) is 10.0 Å². The SMILES string of the molecule is CCCCNC(=O)/C(C)=C/c1ccc2c(c1)CC(c1cc(Cl)cc(Cl)c1)(C(F)(F)F)O2. The molecule has 1 heterocycles. The summed E-state index contributed by atoms with van der Waals surface area (Å²) in [6.07, 6.45) is -1.64. The Morgan fingerprint density at radius 3 is 2.48 bits per heavy atom. The highest BCUT2D eigenvalue weighted by molar-refractivity contribution is 6.34. The van der Waals surface area contributed by atoms with E-state index < -0.39 is 18.2 Å². The summed E-state index contributed by atoms with van der Waals surface area (Å²) in [6, 6.07) is 8.53. The zero-order valence-corrected chi connectivity index (χ0v) is 18.6. The monoisotopic (exact) mass is 471 g/mol. The van der Waals surface area contributed by atoms with Gasteiger partial charge in [-0.2, -0.15) is 13.2 Å². The molecule has 0 spiro atoms. The van der Waals surface area contributed by atoms with E-state index >= 15 is 0 Å². The largest absolute Gasteiger partial charge is 0.472 e. The molecule has 0 saturated carbocycles. The van der Waals surface area contributed by atoms with E-state index in [4.69, 9.17) is 27.9 Å². The lowest BCUT2D eigenvalue weighted by molar-refractivity contribution is -0.248. The average molecular weight is 472 g/mol. The number of alkyl halides is 3. The van der Waals surface area contributed by atoms with Crippen molar-refractivity contribution in [1.29, 1.82) is 0 Å². The fraction of sp³-hybridized carbons (Fsp3) is 0.348. The molecule has 0 aliphatic carbocycles. The third-order valence-corrected chi connectivity index (χ3v) is 5.59. The fourth-order valence-corrected chi connectivity index (χ4v) is 4.05. The first kappa shape index (κ1) is 23.5. The third-order valence-electron chi connectivity index (χ3n) is 5.15. The van der Waals surface area contributed by atoms with Gasteiger partial charge in [-0.05, 0) is 60.9 Å². The number of rotatable bonds is 6. The summed E-state index contributed by atoms with van der Waals surface area (Å²) in [7, 11) is 0. The molecule has 0 radical (unpaired) electrons. The molecular weight excluding hydrogens is 450 g/mol. The van der Waals surface area contributed by atoms with Gasteiger partial charge < -0.3 is 10.1 Å². The molecule has 31 heavy (non-hydrogen) atoms. The van der Waals surface area contributed by atoms with Crippen LogP contribution in [0.15, 0.2) is 42.0 Å². The number of ether oxygens (including phenoxy) is 1. The van der Waals surface area contributed by atoms with Gasteiger partial charge in [-0.1, -0.05) is 42.6 Å². The van der Waals surface area contributed by atoms with E-state index in [1.807, 2.05) is 6.92 Å². The maximum absolute atomic E-state index is 14.2. The molecule has 1 aliphatic heterocycles. The molecule has 1 amide bonds. The van der Waals surface area contributed by atoms with E-state index in [9.17, 15) is 18.0 Å². The standard InChI is InChI=1S/C23H22Cl2F3NO2/c1-3-4-7-29-21(30)14(2)8-15-5-6-20-16(9-15)13-22(31-20,23(26,27)28)17-10-18(24)12-19(25)11-17/h5-6,8-12H,3-4,7,13H2,1-2H3,(H,29,30)/b14-8+. The van der Waals surface area contributed by atoms with Crippen molar-refractivity contribution < 1.29 is 22.7 Å². The number of carbonyl (C=O) groups is 1. The summed E-state index contributed by atoms with van der Waals surface area (Å²) >= 11 is 11.9. The van der Waals surface area contributed by atoms with Crippen LogP contribution in [0.25, 0.3) is 6.08 Å². The fourth-order valence-electron chi connectivity index (χ4n) is 3.52. The second kappa shape index (κ2) is 9.13. The van der Waals surface area contributed by atoms with Crippen molar-refractivity contribution in [3.05, 3.63) is 68.7 Å². The van der Waals surface area contributed by atoms with Crippen LogP contribution < -0.4 is 10.1 Å². The minimum atomic E-state index is -4.70. The number of carbonyl (C=O) groups excluding carboxylic acids is 1. The molecule has 2 aromatic rings. The normalized spacial score (nSPS) is 18.5. The molecule has 2 aromatic carbocycles. The van der Waals surface area contributed by atoms with E-state index in [0.29, 0.717) is 23.2 Å². The minimum absolute atomic E-state index is 0.0963. The van der Waals surface area contributed by atoms with Crippen LogP contribution in [-0.2, 0) is 16.8 Å². The van der Waals surface area contributed by atoms with Crippen LogP contribution in [0.3, 0.4) is 0 Å². The first-order valence-electron chi connectivity index (χ1n) is 9.87. The van der Waals surface area contributed by atoms with E-state index in [-0.39, 0.29) is 27.3 Å². The molecule has 1 atom stereocenters. The number of benzene rings is 2. The predicted octanol–water partition coefficient (Wildman–Crippen LogP) is 6.71. The van der Waals surface area contributed by atoms with Gasteiger partial charge in [-0.3, -0.25) is 4.79 Å². The predicted molar refractivity (Wildman–Crippen MR) is 117 cm³/mol. The highest BCUT2D eigenvalue weighted by Crippen LogP contribution is 2.51. The van der Waals surface area contributed by atoms with Crippen molar-refractivity contribution in [1.82, 2.24) is 5.32 Å². The van der Waals surface area contributed by atoms with Crippen LogP contribution in [0, 0.1) is 0 Å². The van der Waals surface area contributed by atoms with Crippen LogP contribution in [0.4, 0.5) is 13.2 Å². The summed E-state index contributed by atoms with van der Waals surface area (Å²) in [6.45, 7) is 4.27. The molecule has 1 aliphatic rings. The van der Waals surface area contributed by atoms with Gasteiger partial charge in [0.15, 0.2) is 0 Å². The number of amides is 1. The van der Waals surface area contributed by atoms with Gasteiger partial charge in [0, 0.05) is 34.1 Å². The van der Waals surface area contributed by atoms with Gasteiger partial charge in [-0.25, -0.2) is 0 Å². The molecule has 0 fully saturated rings. The van der Waals surface area contributed by atoms with Crippen LogP contribution in [0.5, 0.6) is 5.75 Å². The van der Waals surface area contributed by atoms with Crippen LogP contribution in [-0.4, -0.2) is 18.6 Å². The summed E-state index contributed by atoms with van der Waals surface area (Å²) in [4.78, 5) is 12.2. The van der Waals surface area contributed by atoms with Gasteiger partial charge in [0.05, 0.1) is 0 Å². The van der Waals surface area contributed by atoms with Crippen molar-refractivity contribution in [2.45, 2.75) is 44.9 Å². The quantitative estimate of drug-likeness (QED) is 0.375. The molecule has 0 aromatic heterocycles. The van der Waals surface area contributed by atoms with Crippen molar-refractivity contribution >= 4 is 35.2 Å². The van der Waals surface area contributed by atoms with Crippen LogP contribution in [0.1, 0.15) is 43.4 Å². The topological polar surface area (TPSA) is 38.3 Å². The minimum Gasteiger partial charge on any atom is -0.472 e. The maximum Gasteiger partial charge on any atom is 0.432 e. The van der Waals surface area contributed by atoms with Gasteiger partial charge in [0.2, 0.25) is 11.5 Å². The van der Waals surface area contributed by atoms with E-state index in [1.54, 1.807) is 25.1 Å². The summed E-state index contributed by atoms with van der Waals surface area (Å²) in [5.41, 5.74) is -1.26. The van der Waals surface area contributed by atoms with Gasteiger partial charge >= 0.3 is 6.18 Å². The Balaban J connectivity index is 1.92. The van der Waals surface area contributed by atoms with Crippen molar-refractivity contribution in [3.63, 3.8) is 0 Å².